The fraction of sp³-hybridized carbons (Fsp3) is 0.548. The monoisotopic (exact) mass is 518 g/mol. The Bertz CT molecular complexity index is 1090. The predicted octanol–water partition coefficient (Wildman–Crippen LogP) is 5.94. The minimum Gasteiger partial charge on any atom is -0.489 e. The van der Waals surface area contributed by atoms with Gasteiger partial charge in [0.05, 0.1) is 19.4 Å². The number of carbonyl (C=O) groups is 1. The zero-order valence-electron chi connectivity index (χ0n) is 22.9. The number of anilines is 2. The number of rotatable bonds is 13. The third kappa shape index (κ3) is 7.21. The second kappa shape index (κ2) is 12.5. The molecule has 0 aromatic heterocycles. The third-order valence-electron chi connectivity index (χ3n) is 7.71. The molecule has 1 N–H and O–H groups in total. The lowest BCUT2D eigenvalue weighted by atomic mass is 10.0. The first kappa shape index (κ1) is 26.4. The first-order chi connectivity index (χ1) is 18.6. The van der Waals surface area contributed by atoms with Gasteiger partial charge in [-0.2, -0.15) is 5.10 Å². The molecule has 2 aromatic carbocycles. The Labute approximate surface area is 227 Å². The molecule has 0 radical (unpaired) electrons. The van der Waals surface area contributed by atoms with Crippen molar-refractivity contribution in [2.24, 2.45) is 16.9 Å². The van der Waals surface area contributed by atoms with Crippen molar-refractivity contribution in [2.45, 2.75) is 64.8 Å². The summed E-state index contributed by atoms with van der Waals surface area (Å²) >= 11 is 0. The smallest absolute Gasteiger partial charge is 0.248 e. The molecular weight excluding hydrogens is 476 g/mol. The van der Waals surface area contributed by atoms with Gasteiger partial charge in [0.25, 0.3) is 0 Å². The molecule has 2 saturated carbocycles. The fourth-order valence-corrected chi connectivity index (χ4v) is 4.85. The molecule has 2 aromatic rings. The molecule has 1 aliphatic heterocycles. The predicted molar refractivity (Wildman–Crippen MR) is 153 cm³/mol. The molecule has 3 aliphatic rings. The van der Waals surface area contributed by atoms with Gasteiger partial charge in [-0.05, 0) is 119 Å². The average Bonchev–Trinajstić information content (AvgIpc) is 3.87. The van der Waals surface area contributed by atoms with Crippen LogP contribution in [0, 0.1) is 11.8 Å². The standard InChI is InChI=1S/C31H42N4O3/c1-3-34(4-2)27-15-13-26(14-16-27)33-31(36)28-7-5-6-18-35(28)32-20-25-12-17-29(37-21-23-8-9-23)30(19-25)38-22-24-10-11-24/h12-17,19-20,23-24,28H,3-11,18,21-22H2,1-2H3,(H,33,36)/b32-20+. The van der Waals surface area contributed by atoms with Gasteiger partial charge in [-0.25, -0.2) is 0 Å². The maximum Gasteiger partial charge on any atom is 0.248 e. The Balaban J connectivity index is 1.23. The molecule has 1 unspecified atom stereocenters. The van der Waals surface area contributed by atoms with Crippen molar-refractivity contribution in [2.75, 3.05) is 43.1 Å². The summed E-state index contributed by atoms with van der Waals surface area (Å²) in [7, 11) is 0. The first-order valence-corrected chi connectivity index (χ1v) is 14.5. The molecule has 3 fully saturated rings. The van der Waals surface area contributed by atoms with Crippen LogP contribution in [0.5, 0.6) is 11.5 Å². The van der Waals surface area contributed by atoms with Crippen molar-refractivity contribution in [3.63, 3.8) is 0 Å². The summed E-state index contributed by atoms with van der Waals surface area (Å²) in [6.07, 6.45) is 9.71. The van der Waals surface area contributed by atoms with Crippen LogP contribution in [-0.2, 0) is 4.79 Å². The van der Waals surface area contributed by atoms with Gasteiger partial charge in [-0.3, -0.25) is 9.80 Å². The SMILES string of the molecule is CCN(CC)c1ccc(NC(=O)C2CCCCN2/N=C/c2ccc(OCC3CC3)c(OCC3CC3)c2)cc1. The Morgan fingerprint density at radius 2 is 1.63 bits per heavy atom. The Morgan fingerprint density at radius 3 is 2.29 bits per heavy atom. The Morgan fingerprint density at radius 1 is 0.947 bits per heavy atom. The van der Waals surface area contributed by atoms with Crippen molar-refractivity contribution >= 4 is 23.5 Å². The van der Waals surface area contributed by atoms with Crippen molar-refractivity contribution < 1.29 is 14.3 Å². The molecule has 2 aliphatic carbocycles. The van der Waals surface area contributed by atoms with Crippen molar-refractivity contribution in [3.8, 4) is 11.5 Å². The van der Waals surface area contributed by atoms with Crippen molar-refractivity contribution in [1.82, 2.24) is 5.01 Å². The number of benzene rings is 2. The van der Waals surface area contributed by atoms with Crippen LogP contribution in [0.15, 0.2) is 47.6 Å². The van der Waals surface area contributed by atoms with E-state index in [0.29, 0.717) is 11.8 Å². The fourth-order valence-electron chi connectivity index (χ4n) is 4.85. The van der Waals surface area contributed by atoms with Crippen LogP contribution in [-0.4, -0.2) is 56.0 Å². The van der Waals surface area contributed by atoms with E-state index in [0.717, 1.165) is 74.9 Å². The number of hydrazone groups is 1. The molecule has 7 heteroatoms. The number of ether oxygens (including phenoxy) is 2. The highest BCUT2D eigenvalue weighted by molar-refractivity contribution is 5.95. The summed E-state index contributed by atoms with van der Waals surface area (Å²) < 4.78 is 12.2. The van der Waals surface area contributed by atoms with Gasteiger partial charge >= 0.3 is 0 Å². The highest BCUT2D eigenvalue weighted by atomic mass is 16.5. The Hall–Kier alpha value is -3.22. The molecule has 5 rings (SSSR count). The van der Waals surface area contributed by atoms with Gasteiger partial charge in [0, 0.05) is 31.0 Å². The van der Waals surface area contributed by atoms with E-state index in [2.05, 4.69) is 36.2 Å². The molecular formula is C31H42N4O3. The van der Waals surface area contributed by atoms with Gasteiger partial charge in [0.2, 0.25) is 5.91 Å². The summed E-state index contributed by atoms with van der Waals surface area (Å²) in [6.45, 7) is 8.49. The molecule has 38 heavy (non-hydrogen) atoms. The van der Waals surface area contributed by atoms with Gasteiger partial charge in [-0.15, -0.1) is 0 Å². The molecule has 1 saturated heterocycles. The van der Waals surface area contributed by atoms with Gasteiger partial charge in [0.1, 0.15) is 6.04 Å². The van der Waals surface area contributed by atoms with E-state index >= 15 is 0 Å². The van der Waals surface area contributed by atoms with E-state index in [-0.39, 0.29) is 11.9 Å². The maximum absolute atomic E-state index is 13.2. The van der Waals surface area contributed by atoms with E-state index in [9.17, 15) is 4.79 Å². The third-order valence-corrected chi connectivity index (χ3v) is 7.71. The molecule has 1 atom stereocenters. The summed E-state index contributed by atoms with van der Waals surface area (Å²) in [5, 5.41) is 9.81. The van der Waals surface area contributed by atoms with Crippen LogP contribution in [0.2, 0.25) is 0 Å². The minimum absolute atomic E-state index is 0.00489. The normalized spacial score (nSPS) is 19.4. The van der Waals surface area contributed by atoms with E-state index < -0.39 is 0 Å². The highest BCUT2D eigenvalue weighted by Gasteiger charge is 2.28. The second-order valence-corrected chi connectivity index (χ2v) is 10.8. The number of piperidine rings is 1. The minimum atomic E-state index is -0.283. The van der Waals surface area contributed by atoms with Crippen LogP contribution in [0.4, 0.5) is 11.4 Å². The van der Waals surface area contributed by atoms with Gasteiger partial charge in [0.15, 0.2) is 11.5 Å². The zero-order valence-corrected chi connectivity index (χ0v) is 22.9. The molecule has 204 valence electrons. The summed E-state index contributed by atoms with van der Waals surface area (Å²) in [6, 6.07) is 13.9. The van der Waals surface area contributed by atoms with E-state index in [1.807, 2.05) is 41.6 Å². The van der Waals surface area contributed by atoms with Crippen LogP contribution < -0.4 is 19.7 Å². The number of hydrogen-bond donors (Lipinski definition) is 1. The summed E-state index contributed by atoms with van der Waals surface area (Å²) in [4.78, 5) is 15.5. The number of hydrogen-bond acceptors (Lipinski definition) is 6. The molecule has 7 nitrogen and oxygen atoms in total. The lowest BCUT2D eigenvalue weighted by molar-refractivity contribution is -0.122. The molecule has 0 bridgehead atoms. The zero-order chi connectivity index (χ0) is 26.3. The van der Waals surface area contributed by atoms with E-state index in [1.54, 1.807) is 0 Å². The van der Waals surface area contributed by atoms with Crippen LogP contribution in [0.3, 0.4) is 0 Å². The van der Waals surface area contributed by atoms with Crippen molar-refractivity contribution in [1.29, 1.82) is 0 Å². The quantitative estimate of drug-likeness (QED) is 0.333. The molecule has 1 amide bonds. The van der Waals surface area contributed by atoms with E-state index in [4.69, 9.17) is 14.6 Å². The lowest BCUT2D eigenvalue weighted by Crippen LogP contribution is -2.44. The van der Waals surface area contributed by atoms with Crippen LogP contribution >= 0.6 is 0 Å². The second-order valence-electron chi connectivity index (χ2n) is 10.8. The van der Waals surface area contributed by atoms with Crippen LogP contribution in [0.25, 0.3) is 0 Å². The van der Waals surface area contributed by atoms with Crippen LogP contribution in [0.1, 0.15) is 64.4 Å². The van der Waals surface area contributed by atoms with Gasteiger partial charge in [-0.1, -0.05) is 0 Å². The molecule has 0 spiro atoms. The Kier molecular flexibility index (Phi) is 8.72. The lowest BCUT2D eigenvalue weighted by Gasteiger charge is -2.32. The average molecular weight is 519 g/mol. The molecule has 1 heterocycles. The van der Waals surface area contributed by atoms with Gasteiger partial charge < -0.3 is 19.7 Å². The number of nitrogens with zero attached hydrogens (tertiary/aromatic N) is 3. The number of nitrogens with one attached hydrogen (secondary N) is 1. The number of carbonyl (C=O) groups excluding carboxylic acids is 1. The number of amides is 1. The summed E-state index contributed by atoms with van der Waals surface area (Å²) in [5.41, 5.74) is 2.94. The van der Waals surface area contributed by atoms with Crippen molar-refractivity contribution in [3.05, 3.63) is 48.0 Å². The highest BCUT2D eigenvalue weighted by Crippen LogP contribution is 2.35. The van der Waals surface area contributed by atoms with E-state index in [1.165, 1.54) is 31.4 Å². The maximum atomic E-state index is 13.2. The largest absolute Gasteiger partial charge is 0.489 e. The topological polar surface area (TPSA) is 66.4 Å². The first-order valence-electron chi connectivity index (χ1n) is 14.5. The summed E-state index contributed by atoms with van der Waals surface area (Å²) in [5.74, 6) is 2.97.